The Morgan fingerprint density at radius 1 is 1.22 bits per heavy atom. The fraction of sp³-hybridized carbons (Fsp3) is 0.143. The molecular weight excluding hydrogens is 317 g/mol. The number of hydrogen-bond acceptors (Lipinski definition) is 1. The number of benzene rings is 2. The second-order valence-electron chi connectivity index (χ2n) is 4.06. The van der Waals surface area contributed by atoms with Crippen molar-refractivity contribution < 1.29 is 4.39 Å². The van der Waals surface area contributed by atoms with Crippen molar-refractivity contribution in [2.75, 3.05) is 5.32 Å². The van der Waals surface area contributed by atoms with Crippen molar-refractivity contribution in [2.45, 2.75) is 13.5 Å². The largest absolute Gasteiger partial charge is 0.381 e. The van der Waals surface area contributed by atoms with Crippen LogP contribution in [0.4, 0.5) is 10.1 Å². The molecule has 18 heavy (non-hydrogen) atoms. The topological polar surface area (TPSA) is 12.0 Å². The second-order valence-corrected chi connectivity index (χ2v) is 5.35. The SMILES string of the molecule is Cc1cc(F)c(Br)cc1NCc1ccc(Cl)cc1. The van der Waals surface area contributed by atoms with E-state index in [1.807, 2.05) is 31.2 Å². The zero-order valence-electron chi connectivity index (χ0n) is 9.81. The number of nitrogens with one attached hydrogen (secondary N) is 1. The average Bonchev–Trinajstić information content (AvgIpc) is 2.34. The third-order valence-electron chi connectivity index (χ3n) is 2.66. The van der Waals surface area contributed by atoms with Gasteiger partial charge in [-0.1, -0.05) is 23.7 Å². The molecule has 1 nitrogen and oxygen atoms in total. The summed E-state index contributed by atoms with van der Waals surface area (Å²) in [5.74, 6) is -0.246. The van der Waals surface area contributed by atoms with Gasteiger partial charge in [0.15, 0.2) is 0 Å². The van der Waals surface area contributed by atoms with Gasteiger partial charge < -0.3 is 5.32 Å². The average molecular weight is 329 g/mol. The summed E-state index contributed by atoms with van der Waals surface area (Å²) in [5, 5.41) is 4.00. The van der Waals surface area contributed by atoms with Crippen LogP contribution in [0.2, 0.25) is 5.02 Å². The van der Waals surface area contributed by atoms with Gasteiger partial charge in [-0.05, 0) is 58.2 Å². The Kier molecular flexibility index (Phi) is 4.25. The van der Waals surface area contributed by atoms with E-state index in [9.17, 15) is 4.39 Å². The highest BCUT2D eigenvalue weighted by Crippen LogP contribution is 2.24. The van der Waals surface area contributed by atoms with E-state index in [0.717, 1.165) is 21.8 Å². The van der Waals surface area contributed by atoms with Crippen LogP contribution in [0.5, 0.6) is 0 Å². The van der Waals surface area contributed by atoms with Crippen LogP contribution in [0.15, 0.2) is 40.9 Å². The molecule has 0 radical (unpaired) electrons. The molecule has 0 aliphatic carbocycles. The van der Waals surface area contributed by atoms with E-state index in [1.54, 1.807) is 6.07 Å². The van der Waals surface area contributed by atoms with Crippen molar-refractivity contribution in [1.29, 1.82) is 0 Å². The molecule has 94 valence electrons. The highest BCUT2D eigenvalue weighted by Gasteiger charge is 2.04. The number of hydrogen-bond donors (Lipinski definition) is 1. The molecule has 2 aromatic carbocycles. The summed E-state index contributed by atoms with van der Waals surface area (Å²) in [6.07, 6.45) is 0. The first kappa shape index (κ1) is 13.4. The predicted molar refractivity (Wildman–Crippen MR) is 77.6 cm³/mol. The lowest BCUT2D eigenvalue weighted by atomic mass is 10.1. The zero-order valence-corrected chi connectivity index (χ0v) is 12.1. The number of anilines is 1. The fourth-order valence-corrected chi connectivity index (χ4v) is 2.11. The van der Waals surface area contributed by atoms with Crippen molar-refractivity contribution in [2.24, 2.45) is 0 Å². The molecule has 1 N–H and O–H groups in total. The Hall–Kier alpha value is -1.06. The van der Waals surface area contributed by atoms with Crippen molar-refractivity contribution in [3.63, 3.8) is 0 Å². The molecule has 0 saturated heterocycles. The van der Waals surface area contributed by atoms with Gasteiger partial charge in [-0.25, -0.2) is 4.39 Å². The maximum Gasteiger partial charge on any atom is 0.137 e. The Morgan fingerprint density at radius 3 is 2.56 bits per heavy atom. The summed E-state index contributed by atoms with van der Waals surface area (Å²) in [6, 6.07) is 10.9. The Morgan fingerprint density at radius 2 is 1.89 bits per heavy atom. The van der Waals surface area contributed by atoms with Gasteiger partial charge in [-0.15, -0.1) is 0 Å². The smallest absolute Gasteiger partial charge is 0.137 e. The predicted octanol–water partition coefficient (Wildman–Crippen LogP) is 5.16. The minimum absolute atomic E-state index is 0.246. The summed E-state index contributed by atoms with van der Waals surface area (Å²) in [7, 11) is 0. The van der Waals surface area contributed by atoms with Crippen LogP contribution in [0.1, 0.15) is 11.1 Å². The first-order chi connectivity index (χ1) is 8.56. The highest BCUT2D eigenvalue weighted by molar-refractivity contribution is 9.10. The van der Waals surface area contributed by atoms with E-state index in [2.05, 4.69) is 21.2 Å². The first-order valence-electron chi connectivity index (χ1n) is 5.50. The number of aryl methyl sites for hydroxylation is 1. The van der Waals surface area contributed by atoms with E-state index in [1.165, 1.54) is 6.07 Å². The molecule has 4 heteroatoms. The van der Waals surface area contributed by atoms with Crippen LogP contribution < -0.4 is 5.32 Å². The summed E-state index contributed by atoms with van der Waals surface area (Å²) in [4.78, 5) is 0. The first-order valence-corrected chi connectivity index (χ1v) is 6.67. The third kappa shape index (κ3) is 3.24. The zero-order chi connectivity index (χ0) is 13.1. The molecule has 0 amide bonds. The lowest BCUT2D eigenvalue weighted by Crippen LogP contribution is -2.01. The van der Waals surface area contributed by atoms with Gasteiger partial charge in [-0.3, -0.25) is 0 Å². The molecular formula is C14H12BrClFN. The maximum absolute atomic E-state index is 13.3. The van der Waals surface area contributed by atoms with Crippen LogP contribution in [0.3, 0.4) is 0 Å². The fourth-order valence-electron chi connectivity index (χ4n) is 1.64. The van der Waals surface area contributed by atoms with E-state index in [0.29, 0.717) is 11.0 Å². The Balaban J connectivity index is 2.10. The summed E-state index contributed by atoms with van der Waals surface area (Å²) in [5.41, 5.74) is 2.92. The maximum atomic E-state index is 13.3. The van der Waals surface area contributed by atoms with Gasteiger partial charge in [0.2, 0.25) is 0 Å². The van der Waals surface area contributed by atoms with E-state index in [4.69, 9.17) is 11.6 Å². The molecule has 0 bridgehead atoms. The standard InChI is InChI=1S/C14H12BrClFN/c1-9-6-13(17)12(15)7-14(9)18-8-10-2-4-11(16)5-3-10/h2-7,18H,8H2,1H3. The molecule has 0 unspecified atom stereocenters. The normalized spacial score (nSPS) is 10.4. The van der Waals surface area contributed by atoms with Crippen LogP contribution in [0, 0.1) is 12.7 Å². The van der Waals surface area contributed by atoms with Gasteiger partial charge >= 0.3 is 0 Å². The number of halogens is 3. The molecule has 0 aliphatic rings. The third-order valence-corrected chi connectivity index (χ3v) is 3.52. The van der Waals surface area contributed by atoms with Crippen molar-refractivity contribution >= 4 is 33.2 Å². The van der Waals surface area contributed by atoms with Gasteiger partial charge in [0, 0.05) is 17.3 Å². The van der Waals surface area contributed by atoms with Crippen molar-refractivity contribution in [1.82, 2.24) is 0 Å². The van der Waals surface area contributed by atoms with Crippen LogP contribution in [-0.4, -0.2) is 0 Å². The van der Waals surface area contributed by atoms with E-state index < -0.39 is 0 Å². The van der Waals surface area contributed by atoms with E-state index >= 15 is 0 Å². The number of rotatable bonds is 3. The molecule has 0 spiro atoms. The summed E-state index contributed by atoms with van der Waals surface area (Å²) >= 11 is 9.01. The highest BCUT2D eigenvalue weighted by atomic mass is 79.9. The monoisotopic (exact) mass is 327 g/mol. The van der Waals surface area contributed by atoms with Crippen molar-refractivity contribution in [3.05, 3.63) is 62.8 Å². The van der Waals surface area contributed by atoms with Gasteiger partial charge in [0.05, 0.1) is 4.47 Å². The Bertz CT molecular complexity index is 554. The van der Waals surface area contributed by atoms with Crippen LogP contribution >= 0.6 is 27.5 Å². The molecule has 0 fully saturated rings. The molecule has 0 atom stereocenters. The van der Waals surface area contributed by atoms with Crippen LogP contribution in [0.25, 0.3) is 0 Å². The molecule has 0 heterocycles. The van der Waals surface area contributed by atoms with E-state index in [-0.39, 0.29) is 5.82 Å². The minimum Gasteiger partial charge on any atom is -0.381 e. The second kappa shape index (κ2) is 5.72. The van der Waals surface area contributed by atoms with Gasteiger partial charge in [0.25, 0.3) is 0 Å². The molecule has 0 aromatic heterocycles. The lowest BCUT2D eigenvalue weighted by Gasteiger charge is -2.10. The lowest BCUT2D eigenvalue weighted by molar-refractivity contribution is 0.620. The molecule has 2 rings (SSSR count). The quantitative estimate of drug-likeness (QED) is 0.820. The summed E-state index contributed by atoms with van der Waals surface area (Å²) < 4.78 is 13.7. The van der Waals surface area contributed by atoms with Gasteiger partial charge in [-0.2, -0.15) is 0 Å². The molecule has 0 saturated carbocycles. The Labute approximate surface area is 119 Å². The van der Waals surface area contributed by atoms with Gasteiger partial charge in [0.1, 0.15) is 5.82 Å². The minimum atomic E-state index is -0.246. The van der Waals surface area contributed by atoms with Crippen molar-refractivity contribution in [3.8, 4) is 0 Å². The molecule has 2 aromatic rings. The molecule has 0 aliphatic heterocycles. The van der Waals surface area contributed by atoms with Crippen LogP contribution in [-0.2, 0) is 6.54 Å². The summed E-state index contributed by atoms with van der Waals surface area (Å²) in [6.45, 7) is 2.55.